The van der Waals surface area contributed by atoms with Gasteiger partial charge in [0, 0.05) is 59.7 Å². The highest BCUT2D eigenvalue weighted by atomic mass is 31.2. The van der Waals surface area contributed by atoms with Crippen LogP contribution < -0.4 is 10.9 Å². The Morgan fingerprint density at radius 2 is 1.35 bits per heavy atom. The molecular formula is C24H27N2O7P. The number of hydrogen-bond donors (Lipinski definition) is 3. The van der Waals surface area contributed by atoms with Crippen molar-refractivity contribution >= 4 is 13.2 Å². The van der Waals surface area contributed by atoms with Gasteiger partial charge in [-0.05, 0) is 32.0 Å². The van der Waals surface area contributed by atoms with Crippen LogP contribution in [0.2, 0.25) is 0 Å². The van der Waals surface area contributed by atoms with Gasteiger partial charge < -0.3 is 24.2 Å². The minimum atomic E-state index is -3.49. The Morgan fingerprint density at radius 3 is 1.76 bits per heavy atom. The van der Waals surface area contributed by atoms with Gasteiger partial charge in [0.05, 0.1) is 11.4 Å². The van der Waals surface area contributed by atoms with Crippen molar-refractivity contribution in [2.75, 3.05) is 6.16 Å². The normalized spacial score (nSPS) is 13.1. The molecule has 3 rings (SSSR count). The van der Waals surface area contributed by atoms with Gasteiger partial charge in [0.15, 0.2) is 17.3 Å². The van der Waals surface area contributed by atoms with Crippen molar-refractivity contribution in [3.8, 4) is 22.9 Å². The van der Waals surface area contributed by atoms with Crippen LogP contribution in [-0.2, 0) is 4.57 Å². The molecule has 0 spiro atoms. The second kappa shape index (κ2) is 9.44. The van der Waals surface area contributed by atoms with Crippen molar-refractivity contribution in [2.24, 2.45) is 0 Å². The lowest BCUT2D eigenvalue weighted by atomic mass is 10.1. The average molecular weight is 486 g/mol. The summed E-state index contributed by atoms with van der Waals surface area (Å²) in [5.74, 6) is -1.24. The fraction of sp³-hybridized carbons (Fsp3) is 0.292. The van der Waals surface area contributed by atoms with E-state index in [-0.39, 0.29) is 35.3 Å². The SMILES string of the molecule is Cc1c(O)c(=O)ccn1-c1cc(C(=O)CCP(=O)(O)C(C)C)cc(-n2ccc(=O)c(O)c2C)c1. The monoisotopic (exact) mass is 486 g/mol. The number of benzene rings is 1. The summed E-state index contributed by atoms with van der Waals surface area (Å²) in [6.07, 6.45) is 2.60. The molecule has 0 aliphatic rings. The zero-order valence-electron chi connectivity index (χ0n) is 19.3. The summed E-state index contributed by atoms with van der Waals surface area (Å²) in [7, 11) is -3.49. The number of carbonyl (C=O) groups excluding carboxylic acids is 1. The number of pyridine rings is 2. The van der Waals surface area contributed by atoms with E-state index in [0.717, 1.165) is 0 Å². The Hall–Kier alpha value is -3.42. The predicted molar refractivity (Wildman–Crippen MR) is 129 cm³/mol. The molecule has 3 N–H and O–H groups in total. The first-order valence-electron chi connectivity index (χ1n) is 10.7. The quantitative estimate of drug-likeness (QED) is 0.344. The van der Waals surface area contributed by atoms with E-state index in [1.54, 1.807) is 45.9 Å². The number of aromatic hydroxyl groups is 2. The molecule has 3 aromatic rings. The molecule has 1 unspecified atom stereocenters. The van der Waals surface area contributed by atoms with Crippen LogP contribution in [0, 0.1) is 13.8 Å². The Morgan fingerprint density at radius 1 is 0.912 bits per heavy atom. The lowest BCUT2D eigenvalue weighted by Gasteiger charge is -2.18. The van der Waals surface area contributed by atoms with Gasteiger partial charge in [-0.1, -0.05) is 13.8 Å². The number of Topliss-reactive ketones (excluding diaryl/α,β-unsaturated/α-hetero) is 1. The third-order valence-electron chi connectivity index (χ3n) is 5.87. The van der Waals surface area contributed by atoms with Crippen LogP contribution >= 0.6 is 7.37 Å². The van der Waals surface area contributed by atoms with Crippen molar-refractivity contribution < 1.29 is 24.5 Å². The van der Waals surface area contributed by atoms with Crippen molar-refractivity contribution in [3.63, 3.8) is 0 Å². The smallest absolute Gasteiger partial charge is 0.223 e. The van der Waals surface area contributed by atoms with E-state index in [1.165, 1.54) is 33.7 Å². The van der Waals surface area contributed by atoms with Gasteiger partial charge >= 0.3 is 0 Å². The van der Waals surface area contributed by atoms with Gasteiger partial charge in [0.25, 0.3) is 0 Å². The van der Waals surface area contributed by atoms with E-state index in [1.807, 2.05) is 0 Å². The number of nitrogens with zero attached hydrogens (tertiary/aromatic N) is 2. The summed E-state index contributed by atoms with van der Waals surface area (Å²) < 4.78 is 15.4. The van der Waals surface area contributed by atoms with E-state index in [4.69, 9.17) is 0 Å². The highest BCUT2D eigenvalue weighted by Crippen LogP contribution is 2.46. The van der Waals surface area contributed by atoms with E-state index in [0.29, 0.717) is 11.4 Å². The molecule has 180 valence electrons. The molecule has 0 fully saturated rings. The molecule has 0 amide bonds. The Kier molecular flexibility index (Phi) is 7.00. The number of rotatable bonds is 7. The zero-order chi connectivity index (χ0) is 25.4. The third-order valence-corrected chi connectivity index (χ3v) is 8.35. The van der Waals surface area contributed by atoms with E-state index in [2.05, 4.69) is 0 Å². The van der Waals surface area contributed by atoms with Crippen LogP contribution in [0.5, 0.6) is 11.5 Å². The molecule has 0 saturated heterocycles. The topological polar surface area (TPSA) is 139 Å². The van der Waals surface area contributed by atoms with Crippen LogP contribution in [0.25, 0.3) is 11.4 Å². The highest BCUT2D eigenvalue weighted by Gasteiger charge is 2.24. The molecule has 2 aromatic heterocycles. The average Bonchev–Trinajstić information content (AvgIpc) is 2.79. The molecule has 0 aliphatic heterocycles. The minimum absolute atomic E-state index is 0.155. The lowest BCUT2D eigenvalue weighted by molar-refractivity contribution is 0.0988. The van der Waals surface area contributed by atoms with Crippen molar-refractivity contribution in [3.05, 3.63) is 80.1 Å². The molecular weight excluding hydrogens is 459 g/mol. The van der Waals surface area contributed by atoms with Crippen LogP contribution in [0.1, 0.15) is 42.0 Å². The van der Waals surface area contributed by atoms with Crippen molar-refractivity contribution in [2.45, 2.75) is 39.8 Å². The van der Waals surface area contributed by atoms with Crippen molar-refractivity contribution in [1.82, 2.24) is 9.13 Å². The molecule has 0 saturated carbocycles. The third kappa shape index (κ3) is 4.90. The zero-order valence-corrected chi connectivity index (χ0v) is 20.2. The summed E-state index contributed by atoms with van der Waals surface area (Å²) in [4.78, 5) is 46.8. The maximum atomic E-state index is 13.0. The standard InChI is InChI=1S/C24H27N2O7P/c1-14(2)34(32,33)10-7-20(27)17-11-18(25-8-5-21(28)23(30)15(25)3)13-19(12-17)26-9-6-22(29)24(31)16(26)4/h5-6,8-9,11-14,30-31H,7,10H2,1-4H3,(H,32,33). The second-order valence-electron chi connectivity index (χ2n) is 8.45. The Bertz CT molecular complexity index is 1350. The van der Waals surface area contributed by atoms with Crippen LogP contribution in [0.15, 0.2) is 52.3 Å². The fourth-order valence-electron chi connectivity index (χ4n) is 3.51. The molecule has 0 aliphatic carbocycles. The summed E-state index contributed by atoms with van der Waals surface area (Å²) in [6, 6.07) is 7.15. The largest absolute Gasteiger partial charge is 0.503 e. The van der Waals surface area contributed by atoms with Gasteiger partial charge in [0.1, 0.15) is 0 Å². The summed E-state index contributed by atoms with van der Waals surface area (Å²) in [6.45, 7) is 6.35. The minimum Gasteiger partial charge on any atom is -0.503 e. The van der Waals surface area contributed by atoms with Crippen molar-refractivity contribution in [1.29, 1.82) is 0 Å². The summed E-state index contributed by atoms with van der Waals surface area (Å²) in [5, 5.41) is 20.2. The lowest BCUT2D eigenvalue weighted by Crippen LogP contribution is -2.13. The first-order valence-corrected chi connectivity index (χ1v) is 12.6. The van der Waals surface area contributed by atoms with Gasteiger partial charge in [-0.3, -0.25) is 18.9 Å². The molecule has 10 heteroatoms. The van der Waals surface area contributed by atoms with E-state index in [9.17, 15) is 34.1 Å². The van der Waals surface area contributed by atoms with E-state index >= 15 is 0 Å². The van der Waals surface area contributed by atoms with Crippen LogP contribution in [0.4, 0.5) is 0 Å². The number of hydrogen-bond acceptors (Lipinski definition) is 6. The molecule has 0 bridgehead atoms. The van der Waals surface area contributed by atoms with Gasteiger partial charge in [-0.25, -0.2) is 0 Å². The highest BCUT2D eigenvalue weighted by molar-refractivity contribution is 7.58. The van der Waals surface area contributed by atoms with Crippen LogP contribution in [0.3, 0.4) is 0 Å². The predicted octanol–water partition coefficient (Wildman–Crippen LogP) is 3.27. The fourth-order valence-corrected chi connectivity index (χ4v) is 4.55. The first kappa shape index (κ1) is 25.2. The number of ketones is 1. The van der Waals surface area contributed by atoms with Gasteiger partial charge in [0.2, 0.25) is 18.2 Å². The van der Waals surface area contributed by atoms with Crippen LogP contribution in [-0.4, -0.2) is 41.8 Å². The number of carbonyl (C=O) groups is 1. The molecule has 2 heterocycles. The van der Waals surface area contributed by atoms with Gasteiger partial charge in [-0.15, -0.1) is 0 Å². The number of aromatic nitrogens is 2. The molecule has 0 radical (unpaired) electrons. The Labute approximate surface area is 196 Å². The van der Waals surface area contributed by atoms with E-state index < -0.39 is 35.4 Å². The Balaban J connectivity index is 2.19. The molecule has 1 aromatic carbocycles. The molecule has 1 atom stereocenters. The second-order valence-corrected chi connectivity index (χ2v) is 11.4. The molecule has 34 heavy (non-hydrogen) atoms. The maximum absolute atomic E-state index is 13.0. The molecule has 9 nitrogen and oxygen atoms in total. The van der Waals surface area contributed by atoms with Gasteiger partial charge in [-0.2, -0.15) is 0 Å². The summed E-state index contributed by atoms with van der Waals surface area (Å²) in [5.41, 5.74) is 0.0330. The maximum Gasteiger partial charge on any atom is 0.223 e. The first-order chi connectivity index (χ1) is 15.8. The summed E-state index contributed by atoms with van der Waals surface area (Å²) >= 11 is 0.